The summed E-state index contributed by atoms with van der Waals surface area (Å²) in [5.74, 6) is -0.323. The summed E-state index contributed by atoms with van der Waals surface area (Å²) >= 11 is 3.25. The van der Waals surface area contributed by atoms with Crippen molar-refractivity contribution in [3.05, 3.63) is 22.4 Å². The van der Waals surface area contributed by atoms with Gasteiger partial charge in [0, 0.05) is 17.7 Å². The highest BCUT2D eigenvalue weighted by Gasteiger charge is 2.14. The molecule has 0 aliphatic rings. The highest BCUT2D eigenvalue weighted by Crippen LogP contribution is 2.13. The number of amides is 1. The normalized spacial score (nSPS) is 10.7. The Hall–Kier alpha value is -0.850. The van der Waals surface area contributed by atoms with Crippen LogP contribution in [0.4, 0.5) is 0 Å². The molecule has 1 rings (SSSR count). The molecule has 0 bridgehead atoms. The van der Waals surface area contributed by atoms with Gasteiger partial charge in [-0.05, 0) is 22.0 Å². The number of carbonyl (C=O) groups excluding carboxylic acids is 1. The summed E-state index contributed by atoms with van der Waals surface area (Å²) < 4.78 is 2.46. The number of hydrogen-bond donors (Lipinski definition) is 3. The van der Waals surface area contributed by atoms with E-state index in [0.29, 0.717) is 5.69 Å². The number of hydrogen-bond acceptors (Lipinski definition) is 3. The topological polar surface area (TPSA) is 74.5 Å². The number of rotatable bonds is 4. The molecule has 0 fully saturated rings. The Bertz CT molecular complexity index is 347. The van der Waals surface area contributed by atoms with Crippen molar-refractivity contribution in [2.45, 2.75) is 6.04 Å². The predicted molar refractivity (Wildman–Crippen MR) is 58.5 cm³/mol. The van der Waals surface area contributed by atoms with Crippen molar-refractivity contribution in [3.8, 4) is 0 Å². The van der Waals surface area contributed by atoms with E-state index in [4.69, 9.17) is 10.2 Å². The maximum atomic E-state index is 11.6. The summed E-state index contributed by atoms with van der Waals surface area (Å²) in [5.41, 5.74) is 0.466. The van der Waals surface area contributed by atoms with E-state index in [2.05, 4.69) is 21.2 Å². The fourth-order valence-electron chi connectivity index (χ4n) is 1.16. The molecule has 0 atom stereocenters. The van der Waals surface area contributed by atoms with Gasteiger partial charge >= 0.3 is 0 Å². The molecular formula is C9H13BrN2O3. The summed E-state index contributed by atoms with van der Waals surface area (Å²) in [5, 5.41) is 20.1. The second kappa shape index (κ2) is 5.29. The quantitative estimate of drug-likeness (QED) is 0.717. The van der Waals surface area contributed by atoms with Crippen LogP contribution in [-0.2, 0) is 7.05 Å². The molecule has 0 aromatic carbocycles. The molecule has 15 heavy (non-hydrogen) atoms. The number of halogens is 1. The molecule has 0 spiro atoms. The van der Waals surface area contributed by atoms with Gasteiger partial charge in [-0.15, -0.1) is 0 Å². The van der Waals surface area contributed by atoms with Crippen molar-refractivity contribution in [3.63, 3.8) is 0 Å². The highest BCUT2D eigenvalue weighted by molar-refractivity contribution is 9.10. The van der Waals surface area contributed by atoms with Crippen molar-refractivity contribution >= 4 is 21.8 Å². The molecule has 0 aliphatic carbocycles. The summed E-state index contributed by atoms with van der Waals surface area (Å²) in [6.45, 7) is -0.568. The number of nitrogens with one attached hydrogen (secondary N) is 1. The van der Waals surface area contributed by atoms with Gasteiger partial charge in [0.15, 0.2) is 0 Å². The average molecular weight is 277 g/mol. The van der Waals surface area contributed by atoms with E-state index in [1.54, 1.807) is 23.9 Å². The minimum absolute atomic E-state index is 0.284. The molecule has 1 heterocycles. The van der Waals surface area contributed by atoms with Gasteiger partial charge in [-0.2, -0.15) is 0 Å². The SMILES string of the molecule is Cn1cc(Br)cc1C(=O)NC(CO)CO. The van der Waals surface area contributed by atoms with Crippen LogP contribution in [0, 0.1) is 0 Å². The lowest BCUT2D eigenvalue weighted by Gasteiger charge is -2.13. The summed E-state index contributed by atoms with van der Waals surface area (Å²) in [6, 6.07) is 1.05. The van der Waals surface area contributed by atoms with Crippen molar-refractivity contribution in [1.82, 2.24) is 9.88 Å². The van der Waals surface area contributed by atoms with E-state index in [-0.39, 0.29) is 19.1 Å². The fourth-order valence-corrected chi connectivity index (χ4v) is 1.68. The molecule has 0 radical (unpaired) electrons. The Balaban J connectivity index is 2.72. The average Bonchev–Trinajstić information content (AvgIpc) is 2.54. The van der Waals surface area contributed by atoms with Gasteiger partial charge in [-0.3, -0.25) is 4.79 Å². The number of nitrogens with zero attached hydrogens (tertiary/aromatic N) is 1. The summed E-state index contributed by atoms with van der Waals surface area (Å²) in [7, 11) is 1.74. The van der Waals surface area contributed by atoms with Gasteiger partial charge in [0.05, 0.1) is 19.3 Å². The number of aryl methyl sites for hydroxylation is 1. The van der Waals surface area contributed by atoms with E-state index in [9.17, 15) is 4.79 Å². The van der Waals surface area contributed by atoms with Gasteiger partial charge in [-0.25, -0.2) is 0 Å². The summed E-state index contributed by atoms with van der Waals surface area (Å²) in [6.07, 6.45) is 1.75. The monoisotopic (exact) mass is 276 g/mol. The van der Waals surface area contributed by atoms with Crippen molar-refractivity contribution in [2.24, 2.45) is 7.05 Å². The van der Waals surface area contributed by atoms with E-state index >= 15 is 0 Å². The number of aliphatic hydroxyl groups excluding tert-OH is 2. The number of carbonyl (C=O) groups is 1. The Morgan fingerprint density at radius 2 is 2.20 bits per heavy atom. The molecule has 5 nitrogen and oxygen atoms in total. The number of aromatic nitrogens is 1. The largest absolute Gasteiger partial charge is 0.394 e. The molecule has 0 saturated carbocycles. The second-order valence-electron chi connectivity index (χ2n) is 3.19. The fraction of sp³-hybridized carbons (Fsp3) is 0.444. The molecule has 1 amide bonds. The molecule has 3 N–H and O–H groups in total. The first-order chi connectivity index (χ1) is 7.08. The Labute approximate surface area is 95.8 Å². The summed E-state index contributed by atoms with van der Waals surface area (Å²) in [4.78, 5) is 11.6. The number of aliphatic hydroxyl groups is 2. The van der Waals surface area contributed by atoms with Crippen LogP contribution in [0.25, 0.3) is 0 Å². The lowest BCUT2D eigenvalue weighted by atomic mass is 10.3. The van der Waals surface area contributed by atoms with E-state index in [1.165, 1.54) is 0 Å². The van der Waals surface area contributed by atoms with Crippen LogP contribution in [0.1, 0.15) is 10.5 Å². The van der Waals surface area contributed by atoms with Gasteiger partial charge in [0.25, 0.3) is 5.91 Å². The Morgan fingerprint density at radius 1 is 1.60 bits per heavy atom. The van der Waals surface area contributed by atoms with E-state index < -0.39 is 6.04 Å². The van der Waals surface area contributed by atoms with Crippen LogP contribution < -0.4 is 5.32 Å². The van der Waals surface area contributed by atoms with Crippen LogP contribution in [-0.4, -0.2) is 39.9 Å². The van der Waals surface area contributed by atoms with Gasteiger partial charge in [0.2, 0.25) is 0 Å². The smallest absolute Gasteiger partial charge is 0.268 e. The Kier molecular flexibility index (Phi) is 4.31. The zero-order chi connectivity index (χ0) is 11.4. The molecule has 1 aromatic rings. The van der Waals surface area contributed by atoms with Gasteiger partial charge in [0.1, 0.15) is 5.69 Å². The van der Waals surface area contributed by atoms with E-state index in [0.717, 1.165) is 4.47 Å². The third-order valence-electron chi connectivity index (χ3n) is 1.98. The molecule has 0 unspecified atom stereocenters. The standard InChI is InChI=1S/C9H13BrN2O3/c1-12-3-6(10)2-8(12)9(15)11-7(4-13)5-14/h2-3,7,13-14H,4-5H2,1H3,(H,11,15). The second-order valence-corrected chi connectivity index (χ2v) is 4.11. The molecule has 0 saturated heterocycles. The van der Waals surface area contributed by atoms with Crippen LogP contribution in [0.15, 0.2) is 16.7 Å². The Morgan fingerprint density at radius 3 is 2.60 bits per heavy atom. The first-order valence-corrected chi connectivity index (χ1v) is 5.22. The predicted octanol–water partition coefficient (Wildman–Crippen LogP) is -0.129. The van der Waals surface area contributed by atoms with Crippen LogP contribution in [0.5, 0.6) is 0 Å². The molecule has 0 aliphatic heterocycles. The maximum absolute atomic E-state index is 11.6. The molecule has 84 valence electrons. The van der Waals surface area contributed by atoms with Crippen LogP contribution >= 0.6 is 15.9 Å². The molecule has 6 heteroatoms. The molecular weight excluding hydrogens is 264 g/mol. The molecule has 1 aromatic heterocycles. The lowest BCUT2D eigenvalue weighted by molar-refractivity contribution is 0.0871. The van der Waals surface area contributed by atoms with Crippen molar-refractivity contribution < 1.29 is 15.0 Å². The maximum Gasteiger partial charge on any atom is 0.268 e. The zero-order valence-corrected chi connectivity index (χ0v) is 9.86. The van der Waals surface area contributed by atoms with Crippen LogP contribution in [0.3, 0.4) is 0 Å². The zero-order valence-electron chi connectivity index (χ0n) is 8.27. The van der Waals surface area contributed by atoms with Crippen LogP contribution in [0.2, 0.25) is 0 Å². The lowest BCUT2D eigenvalue weighted by Crippen LogP contribution is -2.40. The third-order valence-corrected chi connectivity index (χ3v) is 2.41. The van der Waals surface area contributed by atoms with Gasteiger partial charge < -0.3 is 20.1 Å². The van der Waals surface area contributed by atoms with Crippen molar-refractivity contribution in [2.75, 3.05) is 13.2 Å². The minimum atomic E-state index is -0.619. The van der Waals surface area contributed by atoms with Crippen molar-refractivity contribution in [1.29, 1.82) is 0 Å². The van der Waals surface area contributed by atoms with Gasteiger partial charge in [-0.1, -0.05) is 0 Å². The first-order valence-electron chi connectivity index (χ1n) is 4.43. The first kappa shape index (κ1) is 12.2. The van der Waals surface area contributed by atoms with E-state index in [1.807, 2.05) is 0 Å². The minimum Gasteiger partial charge on any atom is -0.394 e. The highest BCUT2D eigenvalue weighted by atomic mass is 79.9. The third kappa shape index (κ3) is 3.05.